The zero-order valence-corrected chi connectivity index (χ0v) is 36.9. The van der Waals surface area contributed by atoms with Crippen LogP contribution in [0.25, 0.3) is 0 Å². The Balaban J connectivity index is 3.21. The molecule has 19 nitrogen and oxygen atoms in total. The molecule has 0 spiro atoms. The largest absolute Gasteiger partial charge is 0.469 e. The predicted molar refractivity (Wildman–Crippen MR) is 233 cm³/mol. The smallest absolute Gasteiger partial charge is 0.408 e. The maximum atomic E-state index is 14.0. The van der Waals surface area contributed by atoms with E-state index >= 15 is 0 Å². The third-order valence-electron chi connectivity index (χ3n) is 10.1. The Bertz CT molecular complexity index is 1630. The van der Waals surface area contributed by atoms with Gasteiger partial charge in [-0.05, 0) is 55.4 Å². The van der Waals surface area contributed by atoms with Crippen LogP contribution in [0.15, 0.2) is 40.3 Å². The molecule has 0 aliphatic rings. The van der Waals surface area contributed by atoms with E-state index in [2.05, 4.69) is 31.3 Å². The van der Waals surface area contributed by atoms with Gasteiger partial charge < -0.3 is 53.7 Å². The molecule has 4 amide bonds. The van der Waals surface area contributed by atoms with Gasteiger partial charge in [-0.25, -0.2) is 9.59 Å². The Morgan fingerprint density at radius 1 is 0.738 bits per heavy atom. The minimum absolute atomic E-state index is 0.0264. The van der Waals surface area contributed by atoms with Gasteiger partial charge in [0.2, 0.25) is 5.91 Å². The molecule has 0 saturated heterocycles. The topological polar surface area (TPSA) is 315 Å². The number of carbonyl (C=O) groups excluding carboxylic acids is 7. The summed E-state index contributed by atoms with van der Waals surface area (Å²) in [7, 11) is 1.25. The molecule has 0 aromatic heterocycles. The number of benzene rings is 1. The van der Waals surface area contributed by atoms with Crippen LogP contribution in [-0.4, -0.2) is 98.1 Å². The van der Waals surface area contributed by atoms with Crippen LogP contribution in [0.5, 0.6) is 0 Å². The molecule has 0 fully saturated rings. The lowest BCUT2D eigenvalue weighted by atomic mass is 9.85. The third-order valence-corrected chi connectivity index (χ3v) is 10.1. The van der Waals surface area contributed by atoms with Crippen molar-refractivity contribution >= 4 is 53.3 Å². The van der Waals surface area contributed by atoms with Crippen LogP contribution < -0.4 is 44.2 Å². The molecule has 61 heavy (non-hydrogen) atoms. The maximum absolute atomic E-state index is 14.0. The van der Waals surface area contributed by atoms with Gasteiger partial charge in [0.05, 0.1) is 37.7 Å². The molecule has 6 atom stereocenters. The number of aliphatic imine (C=N–C) groups is 2. The molecular weight excluding hydrogens is 789 g/mol. The Kier molecular flexibility index (Phi) is 25.0. The zero-order valence-electron chi connectivity index (χ0n) is 36.9. The number of carbonyl (C=O) groups is 7. The Morgan fingerprint density at radius 2 is 1.31 bits per heavy atom. The van der Waals surface area contributed by atoms with Crippen LogP contribution in [0, 0.1) is 29.6 Å². The van der Waals surface area contributed by atoms with Gasteiger partial charge in [-0.15, -0.1) is 0 Å². The lowest BCUT2D eigenvalue weighted by molar-refractivity contribution is -0.149. The van der Waals surface area contributed by atoms with Crippen molar-refractivity contribution in [2.45, 2.75) is 118 Å². The van der Waals surface area contributed by atoms with Crippen LogP contribution in [0.3, 0.4) is 0 Å². The number of amides is 4. The van der Waals surface area contributed by atoms with Crippen LogP contribution in [-0.2, 0) is 40.1 Å². The van der Waals surface area contributed by atoms with Crippen LogP contribution >= 0.6 is 0 Å². The van der Waals surface area contributed by atoms with Crippen molar-refractivity contribution in [1.29, 1.82) is 0 Å². The summed E-state index contributed by atoms with van der Waals surface area (Å²) in [5, 5.41) is 10.6. The number of guanidine groups is 2. The average Bonchev–Trinajstić information content (AvgIpc) is 3.21. The molecule has 342 valence electrons. The average molecular weight is 859 g/mol. The van der Waals surface area contributed by atoms with Gasteiger partial charge in [0.15, 0.2) is 29.3 Å². The first kappa shape index (κ1) is 53.3. The predicted octanol–water partition coefficient (Wildman–Crippen LogP) is 2.18. The molecule has 6 unspecified atom stereocenters. The number of urea groups is 1. The van der Waals surface area contributed by atoms with Gasteiger partial charge >= 0.3 is 18.1 Å². The van der Waals surface area contributed by atoms with E-state index in [1.807, 2.05) is 26.8 Å². The lowest BCUT2D eigenvalue weighted by Crippen LogP contribution is -2.52. The number of hydrogen-bond donors (Lipinski definition) is 8. The first-order valence-corrected chi connectivity index (χ1v) is 20.9. The Hall–Kier alpha value is -5.75. The van der Waals surface area contributed by atoms with Crippen LogP contribution in [0.1, 0.15) is 98.5 Å². The number of nitrogens with one attached hydrogen (secondary N) is 4. The molecule has 0 saturated carbocycles. The van der Waals surface area contributed by atoms with Gasteiger partial charge in [-0.2, -0.15) is 0 Å². The van der Waals surface area contributed by atoms with Crippen molar-refractivity contribution in [3.05, 3.63) is 35.9 Å². The molecule has 0 aliphatic heterocycles. The second-order valence-electron chi connectivity index (χ2n) is 15.9. The molecule has 0 heterocycles. The summed E-state index contributed by atoms with van der Waals surface area (Å²) in [4.78, 5) is 101. The summed E-state index contributed by atoms with van der Waals surface area (Å²) >= 11 is 0. The summed E-state index contributed by atoms with van der Waals surface area (Å²) in [5.74, 6) is -4.85. The maximum Gasteiger partial charge on any atom is 0.408 e. The summed E-state index contributed by atoms with van der Waals surface area (Å²) in [6.45, 7) is 10.8. The highest BCUT2D eigenvalue weighted by Crippen LogP contribution is 2.22. The van der Waals surface area contributed by atoms with E-state index in [0.29, 0.717) is 12.8 Å². The van der Waals surface area contributed by atoms with Gasteiger partial charge in [-0.1, -0.05) is 78.3 Å². The quantitative estimate of drug-likeness (QED) is 0.0248. The van der Waals surface area contributed by atoms with Crippen molar-refractivity contribution < 1.29 is 43.0 Å². The molecule has 0 bridgehead atoms. The van der Waals surface area contributed by atoms with Crippen molar-refractivity contribution in [3.63, 3.8) is 0 Å². The lowest BCUT2D eigenvalue weighted by Gasteiger charge is -2.26. The van der Waals surface area contributed by atoms with Crippen molar-refractivity contribution in [1.82, 2.24) is 21.3 Å². The summed E-state index contributed by atoms with van der Waals surface area (Å²) in [5.41, 5.74) is 22.6. The fraction of sp³-hybridized carbons (Fsp3) is 0.643. The molecule has 12 N–H and O–H groups in total. The van der Waals surface area contributed by atoms with Crippen LogP contribution in [0.2, 0.25) is 0 Å². The Morgan fingerprint density at radius 3 is 1.82 bits per heavy atom. The van der Waals surface area contributed by atoms with Gasteiger partial charge in [0.1, 0.15) is 6.61 Å². The van der Waals surface area contributed by atoms with E-state index in [9.17, 15) is 33.6 Å². The fourth-order valence-corrected chi connectivity index (χ4v) is 6.41. The number of esters is 1. The molecule has 1 rings (SSSR count). The highest BCUT2D eigenvalue weighted by atomic mass is 16.5. The minimum Gasteiger partial charge on any atom is -0.469 e. The number of ether oxygens (including phenoxy) is 2. The molecule has 1 aromatic rings. The van der Waals surface area contributed by atoms with Gasteiger partial charge in [0, 0.05) is 31.8 Å². The first-order chi connectivity index (χ1) is 28.8. The van der Waals surface area contributed by atoms with Crippen LogP contribution in [0.4, 0.5) is 9.59 Å². The molecular formula is C42H70N10O9. The second kappa shape index (κ2) is 28.7. The first-order valence-electron chi connectivity index (χ1n) is 20.9. The van der Waals surface area contributed by atoms with Gasteiger partial charge in [0.25, 0.3) is 0 Å². The van der Waals surface area contributed by atoms with E-state index in [1.165, 1.54) is 7.11 Å². The number of methoxy groups -OCH3 is 1. The zero-order chi connectivity index (χ0) is 46.1. The molecule has 19 heteroatoms. The standard InChI is InChI=1S/C42H70N10O9/c1-8-27(6)36(34(54)22-30(26(4)5)38(57)60-7)52-41(58)49-23-35(55)32(17-13-19-48-40(45)46)50-37(56)29(20-25(2)3)21-33(53)31(16-12-18-47-39(43)44)51-42(59)61-24-28-14-10-9-11-15-28/h9-11,14-15,25-27,29-32,36H,8,12-13,16-24H2,1-7H3,(H,50,56)(H,51,59)(H4,43,44,47)(H4,45,46,48)(H2,49,52,58). The van der Waals surface area contributed by atoms with Crippen molar-refractivity contribution in [2.75, 3.05) is 26.7 Å². The van der Waals surface area contributed by atoms with E-state index in [-0.39, 0.29) is 93.7 Å². The number of hydrogen-bond acceptors (Lipinski definition) is 11. The monoisotopic (exact) mass is 859 g/mol. The molecule has 0 radical (unpaired) electrons. The number of Topliss-reactive ketones (excluding diaryl/α,β-unsaturated/α-hetero) is 3. The molecule has 1 aromatic carbocycles. The highest BCUT2D eigenvalue weighted by Gasteiger charge is 2.34. The number of alkyl carbamates (subject to hydrolysis) is 1. The fourth-order valence-electron chi connectivity index (χ4n) is 6.41. The summed E-state index contributed by atoms with van der Waals surface area (Å²) in [6.07, 6.45) is 0.425. The Labute approximate surface area is 359 Å². The number of nitrogens with two attached hydrogens (primary N) is 4. The summed E-state index contributed by atoms with van der Waals surface area (Å²) in [6, 6.07) is 5.10. The van der Waals surface area contributed by atoms with E-state index in [4.69, 9.17) is 32.4 Å². The second-order valence-corrected chi connectivity index (χ2v) is 15.9. The third kappa shape index (κ3) is 21.9. The normalized spacial score (nSPS) is 13.9. The minimum atomic E-state index is -1.12. The summed E-state index contributed by atoms with van der Waals surface area (Å²) < 4.78 is 10.2. The van der Waals surface area contributed by atoms with E-state index in [1.54, 1.807) is 45.0 Å². The SMILES string of the molecule is CCC(C)C(NC(=O)NCC(=O)C(CCCN=C(N)N)NC(=O)C(CC(=O)C(CCCN=C(N)N)NC(=O)OCc1ccccc1)CC(C)C)C(=O)CC(C(=O)OC)C(C)C. The highest BCUT2D eigenvalue weighted by molar-refractivity contribution is 5.96. The molecule has 0 aliphatic carbocycles. The van der Waals surface area contributed by atoms with E-state index in [0.717, 1.165) is 5.56 Å². The van der Waals surface area contributed by atoms with Crippen molar-refractivity contribution in [3.8, 4) is 0 Å². The van der Waals surface area contributed by atoms with Gasteiger partial charge in [-0.3, -0.25) is 34.0 Å². The number of ketones is 3. The van der Waals surface area contributed by atoms with Crippen molar-refractivity contribution in [2.24, 2.45) is 62.5 Å². The number of nitrogens with zero attached hydrogens (tertiary/aromatic N) is 2. The number of rotatable bonds is 29. The van der Waals surface area contributed by atoms with E-state index < -0.39 is 72.1 Å².